The fourth-order valence-electron chi connectivity index (χ4n) is 3.05. The number of aryl methyl sites for hydroxylation is 1. The van der Waals surface area contributed by atoms with Crippen molar-refractivity contribution < 1.29 is 14.4 Å². The molecular weight excluding hydrogens is 314 g/mol. The maximum Gasteiger partial charge on any atom is 0.229 e. The topological polar surface area (TPSA) is 90.3 Å². The van der Waals surface area contributed by atoms with Gasteiger partial charge in [-0.1, -0.05) is 0 Å². The molecule has 0 bridgehead atoms. The van der Waals surface area contributed by atoms with E-state index in [1.54, 1.807) is 0 Å². The zero-order valence-corrected chi connectivity index (χ0v) is 13.5. The van der Waals surface area contributed by atoms with Gasteiger partial charge >= 0.3 is 0 Å². The Morgan fingerprint density at radius 1 is 1.17 bits per heavy atom. The van der Waals surface area contributed by atoms with Gasteiger partial charge in [0, 0.05) is 30.7 Å². The van der Waals surface area contributed by atoms with Crippen molar-refractivity contribution in [1.82, 2.24) is 4.90 Å². The number of carbonyl (C=O) groups excluding carboxylic acids is 3. The van der Waals surface area contributed by atoms with Crippen LogP contribution < -0.4 is 5.32 Å². The number of hydrogen-bond donors (Lipinski definition) is 1. The van der Waals surface area contributed by atoms with Gasteiger partial charge in [0.05, 0.1) is 5.56 Å². The normalized spacial score (nSPS) is 17.1. The first-order valence-electron chi connectivity index (χ1n) is 7.78. The van der Waals surface area contributed by atoms with Crippen LogP contribution in [0.3, 0.4) is 0 Å². The summed E-state index contributed by atoms with van der Waals surface area (Å²) < 4.78 is 0. The lowest BCUT2D eigenvalue weighted by Crippen LogP contribution is -2.32. The highest BCUT2D eigenvalue weighted by Gasteiger charge is 2.29. The Morgan fingerprint density at radius 3 is 2.57 bits per heavy atom. The molecule has 1 N–H and O–H groups in total. The van der Waals surface area contributed by atoms with Crippen molar-refractivity contribution in [3.05, 3.63) is 16.0 Å². The lowest BCUT2D eigenvalue weighted by atomic mass is 9.96. The van der Waals surface area contributed by atoms with Crippen molar-refractivity contribution in [3.8, 4) is 6.07 Å². The van der Waals surface area contributed by atoms with Crippen molar-refractivity contribution in [3.63, 3.8) is 0 Å². The summed E-state index contributed by atoms with van der Waals surface area (Å²) in [5.41, 5.74) is 1.65. The van der Waals surface area contributed by atoms with Gasteiger partial charge in [0.15, 0.2) is 0 Å². The van der Waals surface area contributed by atoms with Crippen LogP contribution in [0.5, 0.6) is 0 Å². The minimum Gasteiger partial charge on any atom is -0.317 e. The van der Waals surface area contributed by atoms with Gasteiger partial charge in [0.2, 0.25) is 17.7 Å². The summed E-state index contributed by atoms with van der Waals surface area (Å²) in [6, 6.07) is 2.20. The Morgan fingerprint density at radius 2 is 1.87 bits per heavy atom. The molecule has 23 heavy (non-hydrogen) atoms. The molecule has 3 amide bonds. The monoisotopic (exact) mass is 331 g/mol. The smallest absolute Gasteiger partial charge is 0.229 e. The molecule has 1 fully saturated rings. The molecule has 1 aliphatic heterocycles. The number of imide groups is 1. The van der Waals surface area contributed by atoms with E-state index < -0.39 is 0 Å². The zero-order valence-electron chi connectivity index (χ0n) is 12.7. The number of thiophene rings is 1. The Labute approximate surface area is 138 Å². The van der Waals surface area contributed by atoms with Crippen LogP contribution in [-0.4, -0.2) is 29.2 Å². The molecule has 1 aromatic heterocycles. The predicted octanol–water partition coefficient (Wildman–Crippen LogP) is 1.98. The summed E-state index contributed by atoms with van der Waals surface area (Å²) in [6.07, 6.45) is 4.57. The van der Waals surface area contributed by atoms with Crippen molar-refractivity contribution >= 4 is 34.1 Å². The zero-order chi connectivity index (χ0) is 16.4. The molecule has 0 saturated carbocycles. The highest BCUT2D eigenvalue weighted by Crippen LogP contribution is 2.37. The van der Waals surface area contributed by atoms with E-state index in [4.69, 9.17) is 0 Å². The SMILES string of the molecule is N#Cc1c(NC(=O)CCN2C(=O)CCC2=O)sc2c1CCCC2. The van der Waals surface area contributed by atoms with E-state index in [1.165, 1.54) is 16.2 Å². The van der Waals surface area contributed by atoms with Gasteiger partial charge in [0.25, 0.3) is 0 Å². The predicted molar refractivity (Wildman–Crippen MR) is 84.9 cm³/mol. The Bertz CT molecular complexity index is 701. The molecule has 0 aromatic carbocycles. The number of amides is 3. The van der Waals surface area contributed by atoms with Crippen molar-refractivity contribution in [2.45, 2.75) is 44.9 Å². The molecular formula is C16H17N3O3S. The third kappa shape index (κ3) is 3.13. The third-order valence-electron chi connectivity index (χ3n) is 4.25. The maximum absolute atomic E-state index is 12.1. The first-order chi connectivity index (χ1) is 11.1. The highest BCUT2D eigenvalue weighted by atomic mass is 32.1. The van der Waals surface area contributed by atoms with Gasteiger partial charge in [-0.15, -0.1) is 11.3 Å². The van der Waals surface area contributed by atoms with Crippen molar-refractivity contribution in [1.29, 1.82) is 5.26 Å². The second-order valence-electron chi connectivity index (χ2n) is 5.76. The number of fused-ring (bicyclic) bond motifs is 1. The number of anilines is 1. The van der Waals surface area contributed by atoms with Crippen LogP contribution in [0.1, 0.15) is 48.1 Å². The van der Waals surface area contributed by atoms with Crippen molar-refractivity contribution in [2.24, 2.45) is 0 Å². The van der Waals surface area contributed by atoms with Crippen LogP contribution in [0, 0.1) is 11.3 Å². The Balaban J connectivity index is 1.64. The molecule has 0 radical (unpaired) electrons. The minimum absolute atomic E-state index is 0.0604. The summed E-state index contributed by atoms with van der Waals surface area (Å²) in [5, 5.41) is 12.7. The molecule has 3 rings (SSSR count). The molecule has 2 heterocycles. The second kappa shape index (κ2) is 6.50. The molecule has 1 saturated heterocycles. The number of carbonyl (C=O) groups is 3. The van der Waals surface area contributed by atoms with E-state index in [9.17, 15) is 19.6 Å². The molecule has 0 atom stereocenters. The Kier molecular flexibility index (Phi) is 4.44. The lowest BCUT2D eigenvalue weighted by molar-refractivity contribution is -0.138. The van der Waals surface area contributed by atoms with E-state index in [0.717, 1.165) is 36.1 Å². The highest BCUT2D eigenvalue weighted by molar-refractivity contribution is 7.16. The van der Waals surface area contributed by atoms with E-state index in [1.807, 2.05) is 0 Å². The number of nitrogens with one attached hydrogen (secondary N) is 1. The second-order valence-corrected chi connectivity index (χ2v) is 6.87. The van der Waals surface area contributed by atoms with Crippen LogP contribution in [0.15, 0.2) is 0 Å². The minimum atomic E-state index is -0.271. The van der Waals surface area contributed by atoms with Gasteiger partial charge in [-0.05, 0) is 31.2 Å². The van der Waals surface area contributed by atoms with Gasteiger partial charge in [-0.25, -0.2) is 0 Å². The van der Waals surface area contributed by atoms with E-state index >= 15 is 0 Å². The van der Waals surface area contributed by atoms with Gasteiger partial charge in [-0.3, -0.25) is 19.3 Å². The molecule has 0 spiro atoms. The summed E-state index contributed by atoms with van der Waals surface area (Å²) in [5.74, 6) is -0.702. The number of rotatable bonds is 4. The molecule has 120 valence electrons. The first-order valence-corrected chi connectivity index (χ1v) is 8.59. The average molecular weight is 331 g/mol. The first kappa shape index (κ1) is 15.7. The maximum atomic E-state index is 12.1. The fraction of sp³-hybridized carbons (Fsp3) is 0.500. The molecule has 2 aliphatic rings. The summed E-state index contributed by atoms with van der Waals surface area (Å²) in [4.78, 5) is 37.5. The molecule has 0 unspecified atom stereocenters. The third-order valence-corrected chi connectivity index (χ3v) is 5.46. The molecule has 6 nitrogen and oxygen atoms in total. The summed E-state index contributed by atoms with van der Waals surface area (Å²) in [7, 11) is 0. The van der Waals surface area contributed by atoms with Crippen molar-refractivity contribution in [2.75, 3.05) is 11.9 Å². The molecule has 1 aromatic rings. The lowest BCUT2D eigenvalue weighted by Gasteiger charge is -2.13. The van der Waals surface area contributed by atoms with Crippen LogP contribution in [0.2, 0.25) is 0 Å². The molecule has 1 aliphatic carbocycles. The van der Waals surface area contributed by atoms with Crippen LogP contribution in [0.4, 0.5) is 5.00 Å². The summed E-state index contributed by atoms with van der Waals surface area (Å²) in [6.45, 7) is 0.108. The van der Waals surface area contributed by atoms with Gasteiger partial charge in [-0.2, -0.15) is 5.26 Å². The number of nitriles is 1. The van der Waals surface area contributed by atoms with Crippen LogP contribution in [0.25, 0.3) is 0 Å². The van der Waals surface area contributed by atoms with Crippen LogP contribution >= 0.6 is 11.3 Å². The van der Waals surface area contributed by atoms with Gasteiger partial charge < -0.3 is 5.32 Å². The molecule has 7 heteroatoms. The largest absolute Gasteiger partial charge is 0.317 e. The van der Waals surface area contributed by atoms with Crippen LogP contribution in [-0.2, 0) is 27.2 Å². The van der Waals surface area contributed by atoms with E-state index in [0.29, 0.717) is 10.6 Å². The van der Waals surface area contributed by atoms with Gasteiger partial charge in [0.1, 0.15) is 11.1 Å². The summed E-state index contributed by atoms with van der Waals surface area (Å²) >= 11 is 1.47. The number of nitrogens with zero attached hydrogens (tertiary/aromatic N) is 2. The standard InChI is InChI=1S/C16H17N3O3S/c17-9-11-10-3-1-2-4-12(10)23-16(11)18-13(20)7-8-19-14(21)5-6-15(19)22/h1-8H2,(H,18,20). The van der Waals surface area contributed by atoms with E-state index in [-0.39, 0.29) is 43.5 Å². The number of likely N-dealkylation sites (tertiary alicyclic amines) is 1. The average Bonchev–Trinajstić information content (AvgIpc) is 3.05. The fourth-order valence-corrected chi connectivity index (χ4v) is 4.30. The Hall–Kier alpha value is -2.20. The van der Waals surface area contributed by atoms with E-state index in [2.05, 4.69) is 11.4 Å². The number of hydrogen-bond acceptors (Lipinski definition) is 5. The quantitative estimate of drug-likeness (QED) is 0.854.